The Kier molecular flexibility index (Phi) is 9.24. The lowest BCUT2D eigenvalue weighted by Crippen LogP contribution is -2.32. The van der Waals surface area contributed by atoms with Gasteiger partial charge in [-0.25, -0.2) is 9.97 Å². The largest absolute Gasteiger partial charge is 0.362 e. The lowest BCUT2D eigenvalue weighted by atomic mass is 9.80. The molecule has 0 saturated heterocycles. The van der Waals surface area contributed by atoms with E-state index in [1.54, 1.807) is 0 Å². The predicted molar refractivity (Wildman–Crippen MR) is 171 cm³/mol. The number of nitrogens with one attached hydrogen (secondary N) is 1. The number of carbonyl (C=O) groups is 1. The van der Waals surface area contributed by atoms with Crippen LogP contribution in [0.2, 0.25) is 0 Å². The predicted octanol–water partition coefficient (Wildman–Crippen LogP) is 6.80. The lowest BCUT2D eigenvalue weighted by molar-refractivity contribution is 0.0930. The van der Waals surface area contributed by atoms with E-state index in [0.29, 0.717) is 18.2 Å². The van der Waals surface area contributed by atoms with Crippen LogP contribution >= 0.6 is 0 Å². The van der Waals surface area contributed by atoms with Crippen LogP contribution in [0, 0.1) is 11.8 Å². The molecule has 1 saturated carbocycles. The summed E-state index contributed by atoms with van der Waals surface area (Å²) in [5.41, 5.74) is 3.62. The van der Waals surface area contributed by atoms with Gasteiger partial charge in [0.2, 0.25) is 0 Å². The SMILES string of the molecule is CN(C)c1nc(CCCC2CCC(CNC(=O)c3cc(C(C)(C)C)nn3Cc3ccccc3)CC2)nc2ccccc12. The molecule has 1 fully saturated rings. The third-order valence-corrected chi connectivity index (χ3v) is 8.54. The van der Waals surface area contributed by atoms with Crippen molar-refractivity contribution in [2.75, 3.05) is 25.5 Å². The molecule has 0 aliphatic heterocycles. The van der Waals surface area contributed by atoms with Crippen LogP contribution < -0.4 is 10.2 Å². The molecule has 1 aliphatic carbocycles. The molecular weight excluding hydrogens is 520 g/mol. The minimum absolute atomic E-state index is 0.0245. The fourth-order valence-electron chi connectivity index (χ4n) is 6.00. The molecule has 2 aromatic heterocycles. The van der Waals surface area contributed by atoms with E-state index in [4.69, 9.17) is 15.1 Å². The summed E-state index contributed by atoms with van der Waals surface area (Å²) in [5.74, 6) is 3.19. The van der Waals surface area contributed by atoms with Crippen molar-refractivity contribution in [2.45, 2.75) is 77.7 Å². The fraction of sp³-hybridized carbons (Fsp3) is 0.486. The Morgan fingerprint density at radius 2 is 1.64 bits per heavy atom. The highest BCUT2D eigenvalue weighted by Crippen LogP contribution is 2.32. The van der Waals surface area contributed by atoms with Gasteiger partial charge >= 0.3 is 0 Å². The number of carbonyl (C=O) groups excluding carboxylic acids is 1. The average Bonchev–Trinajstić information content (AvgIpc) is 3.41. The third-order valence-electron chi connectivity index (χ3n) is 8.54. The summed E-state index contributed by atoms with van der Waals surface area (Å²) in [6, 6.07) is 20.4. The number of para-hydroxylation sites is 1. The van der Waals surface area contributed by atoms with E-state index in [0.717, 1.165) is 59.1 Å². The Morgan fingerprint density at radius 3 is 2.36 bits per heavy atom. The van der Waals surface area contributed by atoms with E-state index in [1.807, 2.05) is 55.2 Å². The number of rotatable bonds is 10. The second-order valence-corrected chi connectivity index (χ2v) is 13.2. The average molecular weight is 567 g/mol. The smallest absolute Gasteiger partial charge is 0.269 e. The van der Waals surface area contributed by atoms with Crippen molar-refractivity contribution in [3.8, 4) is 0 Å². The number of hydrogen-bond acceptors (Lipinski definition) is 5. The molecule has 2 aromatic carbocycles. The Labute approximate surface area is 250 Å². The van der Waals surface area contributed by atoms with Gasteiger partial charge in [-0.15, -0.1) is 0 Å². The molecule has 0 atom stereocenters. The first-order valence-corrected chi connectivity index (χ1v) is 15.5. The number of nitrogens with zero attached hydrogens (tertiary/aromatic N) is 5. The van der Waals surface area contributed by atoms with Crippen LogP contribution in [0.4, 0.5) is 5.82 Å². The number of benzene rings is 2. The summed E-state index contributed by atoms with van der Waals surface area (Å²) >= 11 is 0. The summed E-state index contributed by atoms with van der Waals surface area (Å²) in [6.07, 6.45) is 8.01. The maximum atomic E-state index is 13.3. The van der Waals surface area contributed by atoms with E-state index in [9.17, 15) is 4.79 Å². The van der Waals surface area contributed by atoms with E-state index >= 15 is 0 Å². The van der Waals surface area contributed by atoms with Crippen molar-refractivity contribution >= 4 is 22.6 Å². The van der Waals surface area contributed by atoms with Crippen molar-refractivity contribution in [1.82, 2.24) is 25.1 Å². The number of aromatic nitrogens is 4. The van der Waals surface area contributed by atoms with Gasteiger partial charge in [-0.3, -0.25) is 9.48 Å². The third kappa shape index (κ3) is 7.36. The number of anilines is 1. The van der Waals surface area contributed by atoms with E-state index in [-0.39, 0.29) is 11.3 Å². The van der Waals surface area contributed by atoms with Crippen molar-refractivity contribution < 1.29 is 4.79 Å². The normalized spacial score (nSPS) is 17.4. The Morgan fingerprint density at radius 1 is 0.952 bits per heavy atom. The Hall–Kier alpha value is -3.74. The van der Waals surface area contributed by atoms with Crippen LogP contribution in [-0.2, 0) is 18.4 Å². The summed E-state index contributed by atoms with van der Waals surface area (Å²) in [6.45, 7) is 7.73. The van der Waals surface area contributed by atoms with Crippen molar-refractivity contribution in [3.05, 3.63) is 83.4 Å². The summed E-state index contributed by atoms with van der Waals surface area (Å²) in [7, 11) is 4.09. The molecule has 1 aliphatic rings. The Bertz CT molecular complexity index is 1480. The highest BCUT2D eigenvalue weighted by molar-refractivity contribution is 5.92. The molecule has 4 aromatic rings. The number of aryl methyl sites for hydroxylation is 1. The standard InChI is InChI=1S/C35H46N6O/c1-35(2,3)31-22-30(41(39-31)24-27-12-7-6-8-13-27)34(42)36-23-26-20-18-25(19-21-26)14-11-17-32-37-29-16-10-9-15-28(29)33(38-32)40(4)5/h6-10,12-13,15-16,22,25-26H,11,14,17-21,23-24H2,1-5H3,(H,36,42). The highest BCUT2D eigenvalue weighted by Gasteiger charge is 2.25. The Balaban J connectivity index is 1.11. The van der Waals surface area contributed by atoms with Crippen LogP contribution in [0.1, 0.15) is 86.9 Å². The van der Waals surface area contributed by atoms with Crippen LogP contribution in [0.15, 0.2) is 60.7 Å². The summed E-state index contributed by atoms with van der Waals surface area (Å²) in [4.78, 5) is 25.1. The van der Waals surface area contributed by atoms with Gasteiger partial charge in [-0.1, -0.05) is 82.5 Å². The summed E-state index contributed by atoms with van der Waals surface area (Å²) < 4.78 is 1.86. The molecule has 7 heteroatoms. The molecule has 0 spiro atoms. The first-order valence-electron chi connectivity index (χ1n) is 15.5. The topological polar surface area (TPSA) is 75.9 Å². The van der Waals surface area contributed by atoms with E-state index < -0.39 is 0 Å². The second kappa shape index (κ2) is 13.1. The first kappa shape index (κ1) is 29.7. The van der Waals surface area contributed by atoms with Gasteiger partial charge in [-0.05, 0) is 54.9 Å². The van der Waals surface area contributed by atoms with Crippen LogP contribution in [0.3, 0.4) is 0 Å². The van der Waals surface area contributed by atoms with Crippen LogP contribution in [0.25, 0.3) is 10.9 Å². The fourth-order valence-corrected chi connectivity index (χ4v) is 6.00. The number of fused-ring (bicyclic) bond motifs is 1. The molecule has 0 radical (unpaired) electrons. The summed E-state index contributed by atoms with van der Waals surface area (Å²) in [5, 5.41) is 9.18. The molecule has 0 bridgehead atoms. The van der Waals surface area contributed by atoms with Gasteiger partial charge in [0.1, 0.15) is 17.3 Å². The van der Waals surface area contributed by atoms with Crippen molar-refractivity contribution in [2.24, 2.45) is 11.8 Å². The van der Waals surface area contributed by atoms with Gasteiger partial charge < -0.3 is 10.2 Å². The van der Waals surface area contributed by atoms with E-state index in [2.05, 4.69) is 55.3 Å². The van der Waals surface area contributed by atoms with Gasteiger partial charge in [0.15, 0.2) is 0 Å². The lowest BCUT2D eigenvalue weighted by Gasteiger charge is -2.28. The van der Waals surface area contributed by atoms with E-state index in [1.165, 1.54) is 32.1 Å². The zero-order chi connectivity index (χ0) is 29.7. The quantitative estimate of drug-likeness (QED) is 0.229. The van der Waals surface area contributed by atoms with Crippen molar-refractivity contribution in [1.29, 1.82) is 0 Å². The van der Waals surface area contributed by atoms with Crippen molar-refractivity contribution in [3.63, 3.8) is 0 Å². The maximum absolute atomic E-state index is 13.3. The van der Waals surface area contributed by atoms with Gasteiger partial charge in [0.05, 0.1) is 17.8 Å². The molecule has 222 valence electrons. The zero-order valence-electron chi connectivity index (χ0n) is 25.9. The minimum Gasteiger partial charge on any atom is -0.362 e. The van der Waals surface area contributed by atoms with Gasteiger partial charge in [0.25, 0.3) is 5.91 Å². The molecule has 7 nitrogen and oxygen atoms in total. The molecule has 0 unspecified atom stereocenters. The molecule has 42 heavy (non-hydrogen) atoms. The van der Waals surface area contributed by atoms with Crippen LogP contribution in [-0.4, -0.2) is 46.3 Å². The first-order chi connectivity index (χ1) is 20.2. The second-order valence-electron chi connectivity index (χ2n) is 13.2. The molecule has 1 N–H and O–H groups in total. The molecular formula is C35H46N6O. The van der Waals surface area contributed by atoms with Gasteiger partial charge in [-0.2, -0.15) is 5.10 Å². The molecule has 2 heterocycles. The number of hydrogen-bond donors (Lipinski definition) is 1. The molecule has 5 rings (SSSR count). The zero-order valence-corrected chi connectivity index (χ0v) is 25.9. The number of amides is 1. The van der Waals surface area contributed by atoms with Crippen LogP contribution in [0.5, 0.6) is 0 Å². The molecule has 1 amide bonds. The minimum atomic E-state index is -0.121. The maximum Gasteiger partial charge on any atom is 0.269 e. The van der Waals surface area contributed by atoms with Gasteiger partial charge in [0, 0.05) is 37.9 Å². The monoisotopic (exact) mass is 566 g/mol. The highest BCUT2D eigenvalue weighted by atomic mass is 16.2.